The predicted octanol–water partition coefficient (Wildman–Crippen LogP) is 4.62. The molecule has 0 N–H and O–H groups in total. The fourth-order valence-corrected chi connectivity index (χ4v) is 1.81. The summed E-state index contributed by atoms with van der Waals surface area (Å²) < 4.78 is 5.78. The van der Waals surface area contributed by atoms with Crippen LogP contribution in [0.4, 0.5) is 0 Å². The second-order valence-corrected chi connectivity index (χ2v) is 4.53. The van der Waals surface area contributed by atoms with Gasteiger partial charge in [-0.3, -0.25) is 0 Å². The summed E-state index contributed by atoms with van der Waals surface area (Å²) in [5.74, 6) is 1.43. The number of hydrogen-bond acceptors (Lipinski definition) is 2. The minimum absolute atomic E-state index is 0.403. The van der Waals surface area contributed by atoms with Crippen LogP contribution in [0.3, 0.4) is 0 Å². The molecular weight excluding hydrogens is 246 g/mol. The van der Waals surface area contributed by atoms with Gasteiger partial charge >= 0.3 is 0 Å². The Morgan fingerprint density at radius 2 is 1.89 bits per heavy atom. The summed E-state index contributed by atoms with van der Waals surface area (Å²) in [5, 5.41) is 9.21. The average Bonchev–Trinajstić information content (AvgIpc) is 2.34. The van der Waals surface area contributed by atoms with Gasteiger partial charge in [-0.1, -0.05) is 23.7 Å². The van der Waals surface area contributed by atoms with Crippen molar-refractivity contribution in [1.29, 1.82) is 5.26 Å². The van der Waals surface area contributed by atoms with E-state index in [2.05, 4.69) is 0 Å². The van der Waals surface area contributed by atoms with Crippen molar-refractivity contribution in [3.05, 3.63) is 58.1 Å². The molecule has 0 aliphatic rings. The van der Waals surface area contributed by atoms with E-state index in [1.165, 1.54) is 0 Å². The van der Waals surface area contributed by atoms with Crippen LogP contribution in [0.15, 0.2) is 36.4 Å². The first-order chi connectivity index (χ1) is 8.60. The molecule has 0 bridgehead atoms. The molecule has 0 atom stereocenters. The highest BCUT2D eigenvalue weighted by molar-refractivity contribution is 6.31. The molecule has 90 valence electrons. The molecule has 0 unspecified atom stereocenters. The molecule has 0 spiro atoms. The fourth-order valence-electron chi connectivity index (χ4n) is 1.59. The second kappa shape index (κ2) is 5.12. The lowest BCUT2D eigenvalue weighted by Gasteiger charge is -2.10. The van der Waals surface area contributed by atoms with Gasteiger partial charge in [-0.25, -0.2) is 0 Å². The molecule has 2 aromatic rings. The van der Waals surface area contributed by atoms with Crippen molar-refractivity contribution >= 4 is 11.6 Å². The maximum Gasteiger partial charge on any atom is 0.130 e. The molecule has 2 aromatic carbocycles. The topological polar surface area (TPSA) is 33.0 Å². The Bertz CT molecular complexity index is 629. The SMILES string of the molecule is Cc1ccc(C)c(Oc2ccc(C#N)c(Cl)c2)c1. The maximum atomic E-state index is 8.80. The van der Waals surface area contributed by atoms with Crippen molar-refractivity contribution in [2.45, 2.75) is 13.8 Å². The van der Waals surface area contributed by atoms with Gasteiger partial charge in [0.2, 0.25) is 0 Å². The van der Waals surface area contributed by atoms with Crippen molar-refractivity contribution in [3.8, 4) is 17.6 Å². The van der Waals surface area contributed by atoms with Gasteiger partial charge in [-0.05, 0) is 43.2 Å². The number of nitriles is 1. The highest BCUT2D eigenvalue weighted by atomic mass is 35.5. The fraction of sp³-hybridized carbons (Fsp3) is 0.133. The van der Waals surface area contributed by atoms with Crippen LogP contribution < -0.4 is 4.74 Å². The minimum Gasteiger partial charge on any atom is -0.457 e. The molecule has 0 fully saturated rings. The number of nitrogens with zero attached hydrogens (tertiary/aromatic N) is 1. The molecule has 0 amide bonds. The van der Waals surface area contributed by atoms with Crippen LogP contribution in [0.25, 0.3) is 0 Å². The van der Waals surface area contributed by atoms with E-state index in [0.29, 0.717) is 16.3 Å². The van der Waals surface area contributed by atoms with Gasteiger partial charge in [0, 0.05) is 6.07 Å². The molecule has 3 heteroatoms. The highest BCUT2D eigenvalue weighted by Crippen LogP contribution is 2.29. The third kappa shape index (κ3) is 2.64. The number of benzene rings is 2. The van der Waals surface area contributed by atoms with Crippen LogP contribution in [0, 0.1) is 25.2 Å². The van der Waals surface area contributed by atoms with Gasteiger partial charge in [0.1, 0.15) is 17.6 Å². The largest absolute Gasteiger partial charge is 0.457 e. The van der Waals surface area contributed by atoms with Crippen LogP contribution in [-0.4, -0.2) is 0 Å². The smallest absolute Gasteiger partial charge is 0.130 e. The van der Waals surface area contributed by atoms with E-state index in [9.17, 15) is 0 Å². The van der Waals surface area contributed by atoms with Crippen molar-refractivity contribution < 1.29 is 4.74 Å². The zero-order valence-electron chi connectivity index (χ0n) is 10.2. The molecule has 2 nitrogen and oxygen atoms in total. The molecule has 0 radical (unpaired) electrons. The lowest BCUT2D eigenvalue weighted by Crippen LogP contribution is -1.89. The Kier molecular flexibility index (Phi) is 3.55. The van der Waals surface area contributed by atoms with Gasteiger partial charge in [0.05, 0.1) is 10.6 Å². The Labute approximate surface area is 111 Å². The third-order valence-corrected chi connectivity index (χ3v) is 2.95. The second-order valence-electron chi connectivity index (χ2n) is 4.12. The number of aryl methyl sites for hydroxylation is 2. The van der Waals surface area contributed by atoms with Crippen LogP contribution in [0.5, 0.6) is 11.5 Å². The van der Waals surface area contributed by atoms with E-state index in [-0.39, 0.29) is 0 Å². The molecule has 0 saturated heterocycles. The monoisotopic (exact) mass is 257 g/mol. The molecule has 18 heavy (non-hydrogen) atoms. The summed E-state index contributed by atoms with van der Waals surface area (Å²) in [7, 11) is 0. The molecule has 2 rings (SSSR count). The van der Waals surface area contributed by atoms with E-state index in [1.807, 2.05) is 38.1 Å². The summed E-state index contributed by atoms with van der Waals surface area (Å²) in [6, 6.07) is 13.1. The Morgan fingerprint density at radius 3 is 2.56 bits per heavy atom. The van der Waals surface area contributed by atoms with E-state index in [1.54, 1.807) is 18.2 Å². The lowest BCUT2D eigenvalue weighted by atomic mass is 10.1. The van der Waals surface area contributed by atoms with Crippen molar-refractivity contribution in [3.63, 3.8) is 0 Å². The summed E-state index contributed by atoms with van der Waals surface area (Å²) in [4.78, 5) is 0. The standard InChI is InChI=1S/C15H12ClNO/c1-10-3-4-11(2)15(7-10)18-13-6-5-12(9-17)14(16)8-13/h3-8H,1-2H3. The van der Waals surface area contributed by atoms with Crippen molar-refractivity contribution in [2.75, 3.05) is 0 Å². The zero-order chi connectivity index (χ0) is 13.1. The minimum atomic E-state index is 0.403. The lowest BCUT2D eigenvalue weighted by molar-refractivity contribution is 0.478. The average molecular weight is 258 g/mol. The van der Waals surface area contributed by atoms with Crippen LogP contribution in [0.2, 0.25) is 5.02 Å². The van der Waals surface area contributed by atoms with E-state index in [0.717, 1.165) is 16.9 Å². The number of hydrogen-bond donors (Lipinski definition) is 0. The van der Waals surface area contributed by atoms with Crippen LogP contribution >= 0.6 is 11.6 Å². The first-order valence-electron chi connectivity index (χ1n) is 5.55. The molecule has 0 aliphatic heterocycles. The number of ether oxygens (including phenoxy) is 1. The Hall–Kier alpha value is -1.98. The maximum absolute atomic E-state index is 8.80. The van der Waals surface area contributed by atoms with Crippen molar-refractivity contribution in [1.82, 2.24) is 0 Å². The summed E-state index contributed by atoms with van der Waals surface area (Å²) >= 11 is 5.96. The van der Waals surface area contributed by atoms with Crippen LogP contribution in [0.1, 0.15) is 16.7 Å². The highest BCUT2D eigenvalue weighted by Gasteiger charge is 2.05. The molecule has 0 heterocycles. The van der Waals surface area contributed by atoms with Gasteiger partial charge in [0.25, 0.3) is 0 Å². The Morgan fingerprint density at radius 1 is 1.11 bits per heavy atom. The molecule has 0 aromatic heterocycles. The number of rotatable bonds is 2. The Balaban J connectivity index is 2.32. The van der Waals surface area contributed by atoms with Gasteiger partial charge in [0.15, 0.2) is 0 Å². The summed E-state index contributed by atoms with van der Waals surface area (Å²) in [6.07, 6.45) is 0. The molecular formula is C15H12ClNO. The number of halogens is 1. The zero-order valence-corrected chi connectivity index (χ0v) is 11.0. The van der Waals surface area contributed by atoms with Crippen LogP contribution in [-0.2, 0) is 0 Å². The predicted molar refractivity (Wildman–Crippen MR) is 72.2 cm³/mol. The van der Waals surface area contributed by atoms with E-state index < -0.39 is 0 Å². The van der Waals surface area contributed by atoms with Gasteiger partial charge in [-0.15, -0.1) is 0 Å². The third-order valence-electron chi connectivity index (χ3n) is 2.63. The summed E-state index contributed by atoms with van der Waals surface area (Å²) in [6.45, 7) is 4.00. The molecule has 0 saturated carbocycles. The quantitative estimate of drug-likeness (QED) is 0.786. The molecule has 0 aliphatic carbocycles. The van der Waals surface area contributed by atoms with Gasteiger partial charge in [-0.2, -0.15) is 5.26 Å². The van der Waals surface area contributed by atoms with E-state index in [4.69, 9.17) is 21.6 Å². The summed E-state index contributed by atoms with van der Waals surface area (Å²) in [5.41, 5.74) is 2.64. The van der Waals surface area contributed by atoms with E-state index >= 15 is 0 Å². The first-order valence-corrected chi connectivity index (χ1v) is 5.92. The van der Waals surface area contributed by atoms with Crippen molar-refractivity contribution in [2.24, 2.45) is 0 Å². The first kappa shape index (κ1) is 12.5. The normalized spacial score (nSPS) is 9.89. The van der Waals surface area contributed by atoms with Gasteiger partial charge < -0.3 is 4.74 Å².